The van der Waals surface area contributed by atoms with Crippen LogP contribution in [0.1, 0.15) is 37.9 Å². The second-order valence-corrected chi connectivity index (χ2v) is 6.03. The van der Waals surface area contributed by atoms with Crippen LogP contribution in [0.3, 0.4) is 0 Å². The Kier molecular flexibility index (Phi) is 5.21. The molecule has 0 radical (unpaired) electrons. The molecule has 4 heteroatoms. The zero-order chi connectivity index (χ0) is 16.0. The third kappa shape index (κ3) is 3.88. The third-order valence-corrected chi connectivity index (χ3v) is 3.87. The molecule has 0 aliphatic carbocycles. The van der Waals surface area contributed by atoms with E-state index >= 15 is 0 Å². The molecule has 0 spiro atoms. The first-order valence-electron chi connectivity index (χ1n) is 7.49. The number of hydrogen-bond acceptors (Lipinski definition) is 3. The van der Waals surface area contributed by atoms with Crippen molar-refractivity contribution in [1.82, 2.24) is 10.2 Å². The Bertz CT molecular complexity index is 632. The van der Waals surface area contributed by atoms with Crippen LogP contribution in [0, 0.1) is 23.1 Å². The van der Waals surface area contributed by atoms with Gasteiger partial charge in [-0.1, -0.05) is 26.0 Å². The SMILES string of the molecule is CC(C)CCC(C#N)(Cc1cccnn1)c1ccc(F)cc1. The lowest BCUT2D eigenvalue weighted by Gasteiger charge is -2.27. The summed E-state index contributed by atoms with van der Waals surface area (Å²) in [6.45, 7) is 4.27. The summed E-state index contributed by atoms with van der Waals surface area (Å²) in [5, 5.41) is 17.9. The van der Waals surface area contributed by atoms with Crippen molar-refractivity contribution in [3.8, 4) is 6.07 Å². The highest BCUT2D eigenvalue weighted by Crippen LogP contribution is 2.33. The molecule has 2 rings (SSSR count). The van der Waals surface area contributed by atoms with E-state index in [1.165, 1.54) is 12.1 Å². The number of hydrogen-bond donors (Lipinski definition) is 0. The Morgan fingerprint density at radius 3 is 2.50 bits per heavy atom. The highest BCUT2D eigenvalue weighted by atomic mass is 19.1. The highest BCUT2D eigenvalue weighted by molar-refractivity contribution is 5.34. The topological polar surface area (TPSA) is 49.6 Å². The fourth-order valence-corrected chi connectivity index (χ4v) is 2.54. The first-order chi connectivity index (χ1) is 10.6. The molecule has 2 aromatic rings. The van der Waals surface area contributed by atoms with E-state index in [0.717, 1.165) is 17.7 Å². The van der Waals surface area contributed by atoms with Gasteiger partial charge in [-0.3, -0.25) is 0 Å². The van der Waals surface area contributed by atoms with E-state index in [0.29, 0.717) is 18.8 Å². The van der Waals surface area contributed by atoms with Crippen LogP contribution in [-0.4, -0.2) is 10.2 Å². The first-order valence-corrected chi connectivity index (χ1v) is 7.49. The maximum absolute atomic E-state index is 13.2. The smallest absolute Gasteiger partial charge is 0.123 e. The van der Waals surface area contributed by atoms with Crippen LogP contribution in [-0.2, 0) is 11.8 Å². The minimum absolute atomic E-state index is 0.293. The zero-order valence-electron chi connectivity index (χ0n) is 13.0. The molecule has 0 amide bonds. The van der Waals surface area contributed by atoms with Crippen molar-refractivity contribution in [3.05, 3.63) is 59.7 Å². The summed E-state index contributed by atoms with van der Waals surface area (Å²) in [5.41, 5.74) is 0.911. The number of rotatable bonds is 6. The van der Waals surface area contributed by atoms with Gasteiger partial charge in [-0.2, -0.15) is 15.5 Å². The molecule has 1 atom stereocenters. The number of nitrogens with zero attached hydrogens (tertiary/aromatic N) is 3. The summed E-state index contributed by atoms with van der Waals surface area (Å²) in [6.07, 6.45) is 3.73. The fraction of sp³-hybridized carbons (Fsp3) is 0.389. The van der Waals surface area contributed by atoms with Crippen molar-refractivity contribution in [2.24, 2.45) is 5.92 Å². The van der Waals surface area contributed by atoms with Crippen LogP contribution >= 0.6 is 0 Å². The van der Waals surface area contributed by atoms with Crippen LogP contribution in [0.5, 0.6) is 0 Å². The molecule has 1 heterocycles. The highest BCUT2D eigenvalue weighted by Gasteiger charge is 2.33. The maximum atomic E-state index is 13.2. The number of nitriles is 1. The Hall–Kier alpha value is -2.28. The standard InChI is InChI=1S/C18H20FN3/c1-14(2)9-10-18(13-20,12-17-4-3-11-21-22-17)15-5-7-16(19)8-6-15/h3-8,11,14H,9-10,12H2,1-2H3. The molecule has 0 fully saturated rings. The van der Waals surface area contributed by atoms with E-state index in [1.807, 2.05) is 12.1 Å². The molecule has 0 saturated carbocycles. The van der Waals surface area contributed by atoms with E-state index in [9.17, 15) is 9.65 Å². The molecule has 1 unspecified atom stereocenters. The largest absolute Gasteiger partial charge is 0.207 e. The number of halogens is 1. The summed E-state index contributed by atoms with van der Waals surface area (Å²) >= 11 is 0. The van der Waals surface area contributed by atoms with Crippen molar-refractivity contribution in [3.63, 3.8) is 0 Å². The van der Waals surface area contributed by atoms with E-state index in [4.69, 9.17) is 0 Å². The van der Waals surface area contributed by atoms with Gasteiger partial charge in [0.25, 0.3) is 0 Å². The average Bonchev–Trinajstić information content (AvgIpc) is 2.53. The molecular formula is C18H20FN3. The van der Waals surface area contributed by atoms with Gasteiger partial charge in [0, 0.05) is 12.6 Å². The van der Waals surface area contributed by atoms with E-state index < -0.39 is 5.41 Å². The summed E-state index contributed by atoms with van der Waals surface area (Å²) in [7, 11) is 0. The normalized spacial score (nSPS) is 13.6. The zero-order valence-corrected chi connectivity index (χ0v) is 13.0. The number of benzene rings is 1. The van der Waals surface area contributed by atoms with Crippen LogP contribution < -0.4 is 0 Å². The van der Waals surface area contributed by atoms with Crippen LogP contribution in [0.2, 0.25) is 0 Å². The lowest BCUT2D eigenvalue weighted by atomic mass is 9.73. The molecule has 0 aliphatic heterocycles. The summed E-state index contributed by atoms with van der Waals surface area (Å²) in [6, 6.07) is 12.4. The third-order valence-electron chi connectivity index (χ3n) is 3.87. The van der Waals surface area contributed by atoms with Gasteiger partial charge >= 0.3 is 0 Å². The minimum atomic E-state index is -0.700. The Morgan fingerprint density at radius 2 is 1.95 bits per heavy atom. The van der Waals surface area contributed by atoms with Gasteiger partial charge < -0.3 is 0 Å². The van der Waals surface area contributed by atoms with Crippen LogP contribution in [0.25, 0.3) is 0 Å². The maximum Gasteiger partial charge on any atom is 0.123 e. The molecule has 1 aromatic carbocycles. The van der Waals surface area contributed by atoms with Gasteiger partial charge in [0.05, 0.1) is 17.2 Å². The monoisotopic (exact) mass is 297 g/mol. The summed E-state index contributed by atoms with van der Waals surface area (Å²) in [5.74, 6) is 0.203. The van der Waals surface area contributed by atoms with E-state index in [2.05, 4.69) is 30.1 Å². The fourth-order valence-electron chi connectivity index (χ4n) is 2.54. The van der Waals surface area contributed by atoms with Gasteiger partial charge in [0.1, 0.15) is 5.82 Å². The average molecular weight is 297 g/mol. The predicted molar refractivity (Wildman–Crippen MR) is 83.5 cm³/mol. The molecule has 0 N–H and O–H groups in total. The quantitative estimate of drug-likeness (QED) is 0.808. The minimum Gasteiger partial charge on any atom is -0.207 e. The Balaban J connectivity index is 2.38. The Labute approximate surface area is 130 Å². The molecule has 0 aliphatic rings. The molecule has 0 saturated heterocycles. The molecule has 0 bridgehead atoms. The van der Waals surface area contributed by atoms with Crippen molar-refractivity contribution in [2.45, 2.75) is 38.5 Å². The lowest BCUT2D eigenvalue weighted by molar-refractivity contribution is 0.425. The van der Waals surface area contributed by atoms with E-state index in [1.54, 1.807) is 18.3 Å². The van der Waals surface area contributed by atoms with E-state index in [-0.39, 0.29) is 5.82 Å². The summed E-state index contributed by atoms with van der Waals surface area (Å²) < 4.78 is 13.2. The summed E-state index contributed by atoms with van der Waals surface area (Å²) in [4.78, 5) is 0. The molecule has 1 aromatic heterocycles. The first kappa shape index (κ1) is 16.1. The van der Waals surface area contributed by atoms with Crippen molar-refractivity contribution in [2.75, 3.05) is 0 Å². The van der Waals surface area contributed by atoms with Crippen molar-refractivity contribution < 1.29 is 4.39 Å². The second kappa shape index (κ2) is 7.13. The van der Waals surface area contributed by atoms with Gasteiger partial charge in [-0.15, -0.1) is 0 Å². The number of aromatic nitrogens is 2. The van der Waals surface area contributed by atoms with Gasteiger partial charge in [-0.05, 0) is 48.6 Å². The van der Waals surface area contributed by atoms with Gasteiger partial charge in [-0.25, -0.2) is 4.39 Å². The van der Waals surface area contributed by atoms with Crippen molar-refractivity contribution >= 4 is 0 Å². The molecule has 3 nitrogen and oxygen atoms in total. The Morgan fingerprint density at radius 1 is 1.23 bits per heavy atom. The predicted octanol–water partition coefficient (Wildman–Crippen LogP) is 4.06. The van der Waals surface area contributed by atoms with Gasteiger partial charge in [0.15, 0.2) is 0 Å². The van der Waals surface area contributed by atoms with Crippen molar-refractivity contribution in [1.29, 1.82) is 5.26 Å². The lowest BCUT2D eigenvalue weighted by Crippen LogP contribution is -2.28. The molecule has 114 valence electrons. The molecule has 22 heavy (non-hydrogen) atoms. The molecular weight excluding hydrogens is 277 g/mol. The van der Waals surface area contributed by atoms with Crippen LogP contribution in [0.4, 0.5) is 4.39 Å². The van der Waals surface area contributed by atoms with Gasteiger partial charge in [0.2, 0.25) is 0 Å². The second-order valence-electron chi connectivity index (χ2n) is 6.03. The van der Waals surface area contributed by atoms with Crippen LogP contribution in [0.15, 0.2) is 42.6 Å².